The molecule has 4 heteroatoms. The second-order valence-electron chi connectivity index (χ2n) is 6.09. The van der Waals surface area contributed by atoms with E-state index in [9.17, 15) is 0 Å². The monoisotopic (exact) mass is 284 g/mol. The van der Waals surface area contributed by atoms with Gasteiger partial charge in [-0.25, -0.2) is 0 Å². The molecule has 0 amide bonds. The average molecular weight is 284 g/mol. The van der Waals surface area contributed by atoms with Crippen LogP contribution in [-0.4, -0.2) is 21.2 Å². The lowest BCUT2D eigenvalue weighted by Gasteiger charge is -2.34. The van der Waals surface area contributed by atoms with Gasteiger partial charge in [-0.2, -0.15) is 5.10 Å². The Morgan fingerprint density at radius 3 is 2.71 bits per heavy atom. The van der Waals surface area contributed by atoms with E-state index in [0.717, 1.165) is 30.9 Å². The molecule has 1 unspecified atom stereocenters. The first-order valence-electron chi connectivity index (χ1n) is 7.59. The Hall–Kier alpha value is -1.81. The van der Waals surface area contributed by atoms with E-state index in [4.69, 9.17) is 5.73 Å². The Bertz CT molecular complexity index is 672. The molecule has 0 radical (unpaired) electrons. The molecular formula is C17H24N4. The number of hydrogen-bond acceptors (Lipinski definition) is 3. The number of nitrogens with two attached hydrogens (primary N) is 1. The summed E-state index contributed by atoms with van der Waals surface area (Å²) in [5, 5.41) is 4.55. The molecule has 1 aromatic carbocycles. The topological polar surface area (TPSA) is 47.1 Å². The molecule has 2 heterocycles. The maximum Gasteiger partial charge on any atom is 0.0644 e. The Labute approximate surface area is 126 Å². The third kappa shape index (κ3) is 2.33. The van der Waals surface area contributed by atoms with E-state index in [2.05, 4.69) is 42.9 Å². The van der Waals surface area contributed by atoms with Crippen LogP contribution in [0.3, 0.4) is 0 Å². The van der Waals surface area contributed by atoms with Crippen molar-refractivity contribution in [3.05, 3.63) is 46.3 Å². The van der Waals surface area contributed by atoms with Gasteiger partial charge in [0.05, 0.1) is 5.69 Å². The van der Waals surface area contributed by atoms with Crippen molar-refractivity contribution < 1.29 is 0 Å². The first-order valence-corrected chi connectivity index (χ1v) is 7.59. The molecular weight excluding hydrogens is 260 g/mol. The predicted molar refractivity (Wildman–Crippen MR) is 86.1 cm³/mol. The zero-order chi connectivity index (χ0) is 15.1. The molecule has 21 heavy (non-hydrogen) atoms. The van der Waals surface area contributed by atoms with Gasteiger partial charge in [0.15, 0.2) is 0 Å². The van der Waals surface area contributed by atoms with Crippen LogP contribution in [0.5, 0.6) is 0 Å². The van der Waals surface area contributed by atoms with Gasteiger partial charge in [0.25, 0.3) is 0 Å². The molecule has 2 N–H and O–H groups in total. The molecule has 1 aliphatic rings. The van der Waals surface area contributed by atoms with Crippen molar-refractivity contribution in [2.75, 3.05) is 12.3 Å². The van der Waals surface area contributed by atoms with Crippen molar-refractivity contribution in [2.45, 2.75) is 39.8 Å². The van der Waals surface area contributed by atoms with Crippen LogP contribution in [0.4, 0.5) is 5.69 Å². The number of rotatable bonds is 2. The molecule has 2 aromatic rings. The molecule has 4 nitrogen and oxygen atoms in total. The molecule has 1 atom stereocenters. The second kappa shape index (κ2) is 5.19. The molecule has 0 bridgehead atoms. The first-order chi connectivity index (χ1) is 9.99. The number of nitrogens with zero attached hydrogens (tertiary/aromatic N) is 3. The van der Waals surface area contributed by atoms with Gasteiger partial charge in [0, 0.05) is 43.1 Å². The Kier molecular flexibility index (Phi) is 3.49. The van der Waals surface area contributed by atoms with Gasteiger partial charge in [-0.15, -0.1) is 0 Å². The van der Waals surface area contributed by atoms with Gasteiger partial charge in [-0.05, 0) is 44.4 Å². The second-order valence-corrected chi connectivity index (χ2v) is 6.09. The van der Waals surface area contributed by atoms with E-state index < -0.39 is 0 Å². The van der Waals surface area contributed by atoms with Crippen molar-refractivity contribution in [1.29, 1.82) is 0 Å². The van der Waals surface area contributed by atoms with Crippen molar-refractivity contribution in [1.82, 2.24) is 14.7 Å². The SMILES string of the molecule is Cc1nn(C)c(C)c1C(C)N1CCc2c(N)cccc2C1. The fourth-order valence-electron chi connectivity index (χ4n) is 3.57. The summed E-state index contributed by atoms with van der Waals surface area (Å²) in [6.45, 7) is 8.57. The number of aryl methyl sites for hydroxylation is 2. The third-order valence-electron chi connectivity index (χ3n) is 4.86. The van der Waals surface area contributed by atoms with Crippen LogP contribution in [0.2, 0.25) is 0 Å². The molecule has 0 fully saturated rings. The van der Waals surface area contributed by atoms with Crippen LogP contribution in [0.15, 0.2) is 18.2 Å². The number of hydrogen-bond donors (Lipinski definition) is 1. The van der Waals surface area contributed by atoms with E-state index in [1.807, 2.05) is 17.8 Å². The minimum atomic E-state index is 0.383. The van der Waals surface area contributed by atoms with Gasteiger partial charge in [-0.1, -0.05) is 12.1 Å². The maximum absolute atomic E-state index is 6.09. The summed E-state index contributed by atoms with van der Waals surface area (Å²) in [5.41, 5.74) is 13.5. The quantitative estimate of drug-likeness (QED) is 0.863. The molecule has 1 aliphatic heterocycles. The highest BCUT2D eigenvalue weighted by molar-refractivity contribution is 5.52. The van der Waals surface area contributed by atoms with E-state index in [1.165, 1.54) is 22.4 Å². The van der Waals surface area contributed by atoms with Crippen LogP contribution >= 0.6 is 0 Å². The standard InChI is InChI=1S/C17H24N4/c1-11-17(12(2)20(4)19-11)13(3)21-9-8-15-14(10-21)6-5-7-16(15)18/h5-7,13H,8-10,18H2,1-4H3. The fraction of sp³-hybridized carbons (Fsp3) is 0.471. The first kappa shape index (κ1) is 14.1. The van der Waals surface area contributed by atoms with Gasteiger partial charge >= 0.3 is 0 Å². The van der Waals surface area contributed by atoms with Crippen LogP contribution in [0.25, 0.3) is 0 Å². The highest BCUT2D eigenvalue weighted by Gasteiger charge is 2.26. The Balaban J connectivity index is 1.89. The van der Waals surface area contributed by atoms with Gasteiger partial charge in [-0.3, -0.25) is 9.58 Å². The summed E-state index contributed by atoms with van der Waals surface area (Å²) in [6.07, 6.45) is 1.03. The minimum Gasteiger partial charge on any atom is -0.398 e. The summed E-state index contributed by atoms with van der Waals surface area (Å²) in [7, 11) is 2.02. The summed E-state index contributed by atoms with van der Waals surface area (Å²) < 4.78 is 1.98. The van der Waals surface area contributed by atoms with Crippen molar-refractivity contribution in [2.24, 2.45) is 7.05 Å². The van der Waals surface area contributed by atoms with Crippen molar-refractivity contribution >= 4 is 5.69 Å². The molecule has 1 aromatic heterocycles. The lowest BCUT2D eigenvalue weighted by Crippen LogP contribution is -2.33. The van der Waals surface area contributed by atoms with Crippen LogP contribution in [0, 0.1) is 13.8 Å². The number of benzene rings is 1. The third-order valence-corrected chi connectivity index (χ3v) is 4.86. The lowest BCUT2D eigenvalue weighted by atomic mass is 9.95. The highest BCUT2D eigenvalue weighted by atomic mass is 15.3. The largest absolute Gasteiger partial charge is 0.398 e. The summed E-state index contributed by atoms with van der Waals surface area (Å²) in [6, 6.07) is 6.65. The van der Waals surface area contributed by atoms with Gasteiger partial charge in [0.1, 0.15) is 0 Å². The maximum atomic E-state index is 6.09. The van der Waals surface area contributed by atoms with E-state index in [-0.39, 0.29) is 0 Å². The lowest BCUT2D eigenvalue weighted by molar-refractivity contribution is 0.191. The van der Waals surface area contributed by atoms with Crippen molar-refractivity contribution in [3.63, 3.8) is 0 Å². The Morgan fingerprint density at radius 1 is 1.29 bits per heavy atom. The van der Waals surface area contributed by atoms with Gasteiger partial charge < -0.3 is 5.73 Å². The number of anilines is 1. The molecule has 3 rings (SSSR count). The molecule has 0 saturated carbocycles. The molecule has 0 spiro atoms. The minimum absolute atomic E-state index is 0.383. The molecule has 112 valence electrons. The van der Waals surface area contributed by atoms with Crippen molar-refractivity contribution in [3.8, 4) is 0 Å². The Morgan fingerprint density at radius 2 is 2.05 bits per heavy atom. The fourth-order valence-corrected chi connectivity index (χ4v) is 3.57. The number of fused-ring (bicyclic) bond motifs is 1. The normalized spacial score (nSPS) is 16.8. The average Bonchev–Trinajstić information content (AvgIpc) is 2.71. The smallest absolute Gasteiger partial charge is 0.0644 e. The molecule has 0 aliphatic carbocycles. The zero-order valence-corrected chi connectivity index (χ0v) is 13.3. The van der Waals surface area contributed by atoms with E-state index >= 15 is 0 Å². The van der Waals surface area contributed by atoms with Crippen LogP contribution < -0.4 is 5.73 Å². The summed E-state index contributed by atoms with van der Waals surface area (Å²) in [5.74, 6) is 0. The zero-order valence-electron chi connectivity index (χ0n) is 13.3. The van der Waals surface area contributed by atoms with Crippen LogP contribution in [-0.2, 0) is 20.0 Å². The number of nitrogen functional groups attached to an aromatic ring is 1. The van der Waals surface area contributed by atoms with E-state index in [1.54, 1.807) is 0 Å². The highest BCUT2D eigenvalue weighted by Crippen LogP contribution is 2.32. The van der Waals surface area contributed by atoms with Crippen LogP contribution in [0.1, 0.15) is 41.0 Å². The van der Waals surface area contributed by atoms with E-state index in [0.29, 0.717) is 6.04 Å². The molecule has 0 saturated heterocycles. The predicted octanol–water partition coefficient (Wildman–Crippen LogP) is 2.74. The summed E-state index contributed by atoms with van der Waals surface area (Å²) in [4.78, 5) is 2.53. The van der Waals surface area contributed by atoms with Gasteiger partial charge in [0.2, 0.25) is 0 Å². The summed E-state index contributed by atoms with van der Waals surface area (Å²) >= 11 is 0. The number of aromatic nitrogens is 2.